The van der Waals surface area contributed by atoms with Gasteiger partial charge in [0.25, 0.3) is 0 Å². The zero-order valence-electron chi connectivity index (χ0n) is 19.3. The van der Waals surface area contributed by atoms with Crippen LogP contribution in [0.25, 0.3) is 53.9 Å². The van der Waals surface area contributed by atoms with Gasteiger partial charge in [0.1, 0.15) is 36.4 Å². The number of allylic oxidation sites excluding steroid dienone is 8. The predicted molar refractivity (Wildman–Crippen MR) is 137 cm³/mol. The molecule has 7 nitrogen and oxygen atoms in total. The summed E-state index contributed by atoms with van der Waals surface area (Å²) < 4.78 is 31.8. The van der Waals surface area contributed by atoms with Crippen LogP contribution in [0, 0.1) is 42.4 Å². The van der Waals surface area contributed by atoms with Crippen LogP contribution in [0.2, 0.25) is 0 Å². The zero-order chi connectivity index (χ0) is 27.0. The van der Waals surface area contributed by atoms with E-state index in [0.29, 0.717) is 12.2 Å². The van der Waals surface area contributed by atoms with Crippen molar-refractivity contribution in [1.82, 2.24) is 10.3 Å². The number of rotatable bonds is 2. The van der Waals surface area contributed by atoms with Crippen molar-refractivity contribution in [2.24, 2.45) is 0 Å². The first-order valence-electron chi connectivity index (χ1n) is 11.0. The smallest absolute Gasteiger partial charge is 0.381 e. The lowest BCUT2D eigenvalue weighted by Gasteiger charge is -2.24. The standard InChI is InChI=1S/C29H11F2N7/c1-34-28-24-22(18-9-5-7-13-38-18)19-15(10-11-32)26(30)16(14-33)20(19)21(17-8-4-6-12-37-17)23(24)25(27(28)31)29(35-2)36-3/h4-10,12,38H,13H2/b15-10-. The van der Waals surface area contributed by atoms with Gasteiger partial charge in [-0.15, -0.1) is 0 Å². The molecule has 3 aliphatic rings. The Morgan fingerprint density at radius 2 is 1.79 bits per heavy atom. The topological polar surface area (TPSA) is 85.6 Å². The van der Waals surface area contributed by atoms with Gasteiger partial charge in [-0.05, 0) is 23.8 Å². The number of nitriles is 2. The average molecular weight is 495 g/mol. The van der Waals surface area contributed by atoms with E-state index in [1.807, 2.05) is 18.2 Å². The number of halogens is 2. The molecule has 2 aromatic rings. The number of fused-ring (bicyclic) bond motifs is 2. The summed E-state index contributed by atoms with van der Waals surface area (Å²) in [5, 5.41) is 22.7. The van der Waals surface area contributed by atoms with Crippen LogP contribution in [0.15, 0.2) is 66.2 Å². The number of nitrogens with one attached hydrogen (secondary N) is 1. The zero-order valence-corrected chi connectivity index (χ0v) is 19.3. The van der Waals surface area contributed by atoms with E-state index in [9.17, 15) is 10.5 Å². The highest BCUT2D eigenvalue weighted by Gasteiger charge is 2.45. The van der Waals surface area contributed by atoms with Crippen molar-refractivity contribution < 1.29 is 8.78 Å². The molecule has 1 N–H and O–H groups in total. The van der Waals surface area contributed by atoms with E-state index in [0.717, 1.165) is 6.08 Å². The van der Waals surface area contributed by atoms with Gasteiger partial charge in [0, 0.05) is 57.9 Å². The number of pyridine rings is 1. The summed E-state index contributed by atoms with van der Waals surface area (Å²) in [7, 11) is 0. The van der Waals surface area contributed by atoms with Crippen LogP contribution in [0.3, 0.4) is 0 Å². The minimum atomic E-state index is -1.07. The lowest BCUT2D eigenvalue weighted by atomic mass is 9.81. The van der Waals surface area contributed by atoms with Gasteiger partial charge >= 0.3 is 5.82 Å². The maximum absolute atomic E-state index is 16.0. The Hall–Kier alpha value is -6.08. The van der Waals surface area contributed by atoms with Gasteiger partial charge in [-0.1, -0.05) is 18.2 Å². The summed E-state index contributed by atoms with van der Waals surface area (Å²) in [6.07, 6.45) is 7.60. The maximum Gasteiger partial charge on any atom is 0.528 e. The van der Waals surface area contributed by atoms with E-state index in [-0.39, 0.29) is 44.6 Å². The molecule has 0 amide bonds. The van der Waals surface area contributed by atoms with Crippen LogP contribution in [-0.2, 0) is 0 Å². The number of hydrogen-bond acceptors (Lipinski definition) is 4. The van der Waals surface area contributed by atoms with E-state index < -0.39 is 34.3 Å². The second-order valence-electron chi connectivity index (χ2n) is 8.04. The number of benzene rings is 1. The van der Waals surface area contributed by atoms with Crippen molar-refractivity contribution >= 4 is 28.1 Å². The van der Waals surface area contributed by atoms with Gasteiger partial charge in [-0.25, -0.2) is 13.6 Å². The number of hydrogen-bond donors (Lipinski definition) is 1. The highest BCUT2D eigenvalue weighted by molar-refractivity contribution is 6.17. The molecular weight excluding hydrogens is 484 g/mol. The molecule has 0 radical (unpaired) electrons. The molecule has 0 unspecified atom stereocenters. The molecule has 176 valence electrons. The van der Waals surface area contributed by atoms with E-state index in [4.69, 9.17) is 19.7 Å². The van der Waals surface area contributed by atoms with Crippen molar-refractivity contribution in [3.63, 3.8) is 0 Å². The lowest BCUT2D eigenvalue weighted by molar-refractivity contribution is 0.680. The minimum Gasteiger partial charge on any atom is -0.381 e. The van der Waals surface area contributed by atoms with Crippen LogP contribution in [0.4, 0.5) is 8.78 Å². The van der Waals surface area contributed by atoms with E-state index in [1.165, 1.54) is 6.20 Å². The summed E-state index contributed by atoms with van der Waals surface area (Å²) in [5.41, 5.74) is -0.395. The van der Waals surface area contributed by atoms with Crippen LogP contribution in [-0.4, -0.2) is 11.5 Å². The molecule has 2 heterocycles. The number of aromatic nitrogens is 1. The van der Waals surface area contributed by atoms with Crippen molar-refractivity contribution in [2.75, 3.05) is 6.54 Å². The fourth-order valence-electron chi connectivity index (χ4n) is 4.87. The molecule has 0 saturated heterocycles. The van der Waals surface area contributed by atoms with Crippen molar-refractivity contribution in [1.29, 1.82) is 10.5 Å². The van der Waals surface area contributed by atoms with Crippen LogP contribution in [0.1, 0.15) is 27.8 Å². The molecule has 0 saturated carbocycles. The van der Waals surface area contributed by atoms with Crippen molar-refractivity contribution in [3.05, 3.63) is 128 Å². The first kappa shape index (κ1) is 23.7. The minimum absolute atomic E-state index is 0.000962. The molecule has 2 aliphatic carbocycles. The quantitative estimate of drug-likeness (QED) is 0.383. The number of dihydropyridines is 1. The summed E-state index contributed by atoms with van der Waals surface area (Å²) >= 11 is 0. The Bertz CT molecular complexity index is 1850. The third-order valence-electron chi connectivity index (χ3n) is 6.26. The summed E-state index contributed by atoms with van der Waals surface area (Å²) in [4.78, 5) is 14.2. The fourth-order valence-corrected chi connectivity index (χ4v) is 4.87. The first-order chi connectivity index (χ1) is 18.5. The second-order valence-corrected chi connectivity index (χ2v) is 8.04. The Morgan fingerprint density at radius 3 is 2.37 bits per heavy atom. The molecule has 38 heavy (non-hydrogen) atoms. The number of nitrogens with zero attached hydrogens (tertiary/aromatic N) is 6. The maximum atomic E-state index is 16.0. The largest absolute Gasteiger partial charge is 0.528 e. The van der Waals surface area contributed by atoms with Gasteiger partial charge in [-0.2, -0.15) is 20.2 Å². The monoisotopic (exact) mass is 495 g/mol. The first-order valence-corrected chi connectivity index (χ1v) is 11.0. The Balaban J connectivity index is 2.17. The van der Waals surface area contributed by atoms with Gasteiger partial charge in [0.15, 0.2) is 0 Å². The van der Waals surface area contributed by atoms with E-state index >= 15 is 8.78 Å². The molecule has 0 atom stereocenters. The lowest BCUT2D eigenvalue weighted by Crippen LogP contribution is -2.18. The Labute approximate surface area is 216 Å². The highest BCUT2D eigenvalue weighted by atomic mass is 19.1. The van der Waals surface area contributed by atoms with Crippen LogP contribution in [0.5, 0.6) is 0 Å². The van der Waals surface area contributed by atoms with Crippen LogP contribution < -0.4 is 5.32 Å². The molecule has 1 aliphatic heterocycles. The van der Waals surface area contributed by atoms with Crippen LogP contribution >= 0.6 is 0 Å². The summed E-state index contributed by atoms with van der Waals surface area (Å²) in [6, 6.07) is 8.52. The highest BCUT2D eigenvalue weighted by Crippen LogP contribution is 2.58. The molecular formula is C29H11F2N7. The fraction of sp³-hybridized carbons (Fsp3) is 0.0345. The Morgan fingerprint density at radius 1 is 1.00 bits per heavy atom. The van der Waals surface area contributed by atoms with Gasteiger partial charge in [-0.3, -0.25) is 4.98 Å². The molecule has 9 heteroatoms. The molecule has 0 spiro atoms. The Kier molecular flexibility index (Phi) is 5.71. The van der Waals surface area contributed by atoms with Gasteiger partial charge < -0.3 is 5.32 Å². The summed E-state index contributed by atoms with van der Waals surface area (Å²) in [6.45, 7) is 23.2. The van der Waals surface area contributed by atoms with Gasteiger partial charge in [0.2, 0.25) is 5.70 Å². The third-order valence-corrected chi connectivity index (χ3v) is 6.26. The summed E-state index contributed by atoms with van der Waals surface area (Å²) in [5.74, 6) is -2.64. The van der Waals surface area contributed by atoms with Crippen molar-refractivity contribution in [2.45, 2.75) is 0 Å². The second kappa shape index (κ2) is 9.18. The molecule has 0 bridgehead atoms. The molecule has 5 rings (SSSR count). The molecule has 1 aromatic heterocycles. The van der Waals surface area contributed by atoms with Gasteiger partial charge in [0.05, 0.1) is 23.9 Å². The third kappa shape index (κ3) is 3.16. The SMILES string of the molecule is [C-]#[N+]C([N+]#[C-])=C1C(F)=C([N+]#[C-])c2c(C3=CC=CCN3)c3c(c(-c4ccccn4)c21)C(C#N)=C(F)/C3=C\C#N. The van der Waals surface area contributed by atoms with E-state index in [1.54, 1.807) is 30.4 Å². The predicted octanol–water partition coefficient (Wildman–Crippen LogP) is 6.45. The molecule has 0 fully saturated rings. The average Bonchev–Trinajstić information content (AvgIpc) is 3.39. The normalized spacial score (nSPS) is 16.0. The van der Waals surface area contributed by atoms with E-state index in [2.05, 4.69) is 24.8 Å². The molecule has 1 aromatic carbocycles. The van der Waals surface area contributed by atoms with Crippen molar-refractivity contribution in [3.8, 4) is 23.4 Å².